The molecule has 2 heteroatoms. The number of hydrogen-bond donors (Lipinski definition) is 0. The Morgan fingerprint density at radius 1 is 0.352 bits per heavy atom. The van der Waals surface area contributed by atoms with Crippen molar-refractivity contribution in [3.8, 4) is 44.8 Å². The fourth-order valence-corrected chi connectivity index (χ4v) is 9.32. The van der Waals surface area contributed by atoms with Crippen molar-refractivity contribution < 1.29 is 0 Å². The molecule has 2 aromatic heterocycles. The summed E-state index contributed by atoms with van der Waals surface area (Å²) >= 11 is 0. The molecule has 0 aliphatic heterocycles. The Bertz CT molecular complexity index is 3130. The van der Waals surface area contributed by atoms with Crippen LogP contribution in [0.25, 0.3) is 88.4 Å². The highest BCUT2D eigenvalue weighted by atomic mass is 15.0. The van der Waals surface area contributed by atoms with Crippen LogP contribution in [0.4, 0.5) is 0 Å². The Morgan fingerprint density at radius 2 is 0.870 bits per heavy atom. The van der Waals surface area contributed by atoms with Crippen LogP contribution >= 0.6 is 0 Å². The first-order valence-corrected chi connectivity index (χ1v) is 18.9. The van der Waals surface area contributed by atoms with Gasteiger partial charge in [0, 0.05) is 38.3 Å². The zero-order chi connectivity index (χ0) is 36.1. The molecular weight excluding hydrogens is 653 g/mol. The Labute approximate surface area is 315 Å². The zero-order valence-electron chi connectivity index (χ0n) is 30.6. The lowest BCUT2D eigenvalue weighted by molar-refractivity contribution is 0.660. The molecular formula is C52H38N2. The van der Waals surface area contributed by atoms with Crippen LogP contribution in [-0.4, -0.2) is 9.13 Å². The van der Waals surface area contributed by atoms with E-state index in [4.69, 9.17) is 0 Å². The van der Waals surface area contributed by atoms with Crippen molar-refractivity contribution in [3.63, 3.8) is 0 Å². The van der Waals surface area contributed by atoms with Crippen molar-refractivity contribution in [1.82, 2.24) is 9.13 Å². The van der Waals surface area contributed by atoms with Gasteiger partial charge in [-0.05, 0) is 112 Å². The summed E-state index contributed by atoms with van der Waals surface area (Å²) in [6.45, 7) is 6.86. The quantitative estimate of drug-likeness (QED) is 0.174. The number of fused-ring (bicyclic) bond motifs is 9. The molecule has 0 atom stereocenters. The van der Waals surface area contributed by atoms with E-state index in [1.54, 1.807) is 0 Å². The first-order chi connectivity index (χ1) is 26.4. The molecule has 0 amide bonds. The van der Waals surface area contributed by atoms with Gasteiger partial charge < -0.3 is 9.13 Å². The highest BCUT2D eigenvalue weighted by molar-refractivity contribution is 6.12. The van der Waals surface area contributed by atoms with Crippen LogP contribution in [0.5, 0.6) is 0 Å². The molecule has 0 spiro atoms. The highest BCUT2D eigenvalue weighted by Crippen LogP contribution is 2.49. The molecule has 0 unspecified atom stereocenters. The van der Waals surface area contributed by atoms with Gasteiger partial charge in [0.15, 0.2) is 0 Å². The van der Waals surface area contributed by atoms with E-state index in [1.807, 2.05) is 0 Å². The van der Waals surface area contributed by atoms with Gasteiger partial charge in [0.05, 0.1) is 22.1 Å². The molecule has 0 radical (unpaired) electrons. The van der Waals surface area contributed by atoms with Gasteiger partial charge in [-0.2, -0.15) is 0 Å². The van der Waals surface area contributed by atoms with E-state index >= 15 is 0 Å². The molecule has 1 aliphatic carbocycles. The molecule has 0 saturated heterocycles. The lowest BCUT2D eigenvalue weighted by Gasteiger charge is -2.22. The van der Waals surface area contributed by atoms with Crippen molar-refractivity contribution in [1.29, 1.82) is 0 Å². The van der Waals surface area contributed by atoms with E-state index in [-0.39, 0.29) is 5.41 Å². The molecule has 0 fully saturated rings. The van der Waals surface area contributed by atoms with Gasteiger partial charge in [0.2, 0.25) is 0 Å². The summed E-state index contributed by atoms with van der Waals surface area (Å²) < 4.78 is 4.86. The second-order valence-electron chi connectivity index (χ2n) is 15.5. The predicted octanol–water partition coefficient (Wildman–Crippen LogP) is 13.8. The Morgan fingerprint density at radius 3 is 1.54 bits per heavy atom. The molecule has 2 nitrogen and oxygen atoms in total. The number of para-hydroxylation sites is 2. The summed E-state index contributed by atoms with van der Waals surface area (Å²) in [4.78, 5) is 0. The minimum Gasteiger partial charge on any atom is -0.309 e. The van der Waals surface area contributed by atoms with Crippen LogP contribution in [0.15, 0.2) is 176 Å². The number of nitrogens with zero attached hydrogens (tertiary/aromatic N) is 2. The summed E-state index contributed by atoms with van der Waals surface area (Å²) in [5.74, 6) is 0. The minimum absolute atomic E-state index is 0.0551. The number of rotatable bonds is 4. The van der Waals surface area contributed by atoms with Gasteiger partial charge in [-0.3, -0.25) is 0 Å². The largest absolute Gasteiger partial charge is 0.309 e. The molecule has 2 heterocycles. The van der Waals surface area contributed by atoms with Crippen molar-refractivity contribution >= 4 is 43.6 Å². The van der Waals surface area contributed by atoms with Crippen LogP contribution in [0.3, 0.4) is 0 Å². The lowest BCUT2D eigenvalue weighted by atomic mass is 9.82. The van der Waals surface area contributed by atoms with Crippen molar-refractivity contribution in [2.24, 2.45) is 0 Å². The summed E-state index contributed by atoms with van der Waals surface area (Å²) in [5.41, 5.74) is 18.9. The average molecular weight is 691 g/mol. The van der Waals surface area contributed by atoms with Crippen LogP contribution in [0, 0.1) is 6.92 Å². The minimum atomic E-state index is -0.0551. The summed E-state index contributed by atoms with van der Waals surface area (Å²) in [6.07, 6.45) is 0. The van der Waals surface area contributed by atoms with E-state index in [9.17, 15) is 0 Å². The van der Waals surface area contributed by atoms with Gasteiger partial charge in [-0.1, -0.05) is 135 Å². The lowest BCUT2D eigenvalue weighted by Crippen LogP contribution is -2.15. The third kappa shape index (κ3) is 4.47. The van der Waals surface area contributed by atoms with E-state index in [0.717, 1.165) is 0 Å². The van der Waals surface area contributed by atoms with Gasteiger partial charge in [-0.25, -0.2) is 0 Å². The van der Waals surface area contributed by atoms with Crippen molar-refractivity contribution in [3.05, 3.63) is 193 Å². The molecule has 10 aromatic rings. The second kappa shape index (κ2) is 11.4. The maximum atomic E-state index is 2.45. The number of benzene rings is 8. The first-order valence-electron chi connectivity index (χ1n) is 18.9. The van der Waals surface area contributed by atoms with Crippen LogP contribution in [-0.2, 0) is 5.41 Å². The topological polar surface area (TPSA) is 9.86 Å². The molecule has 1 aliphatic rings. The maximum Gasteiger partial charge on any atom is 0.0541 e. The summed E-state index contributed by atoms with van der Waals surface area (Å²) in [5, 5.41) is 5.05. The van der Waals surface area contributed by atoms with E-state index < -0.39 is 0 Å². The fourth-order valence-electron chi connectivity index (χ4n) is 9.32. The summed E-state index contributed by atoms with van der Waals surface area (Å²) in [6, 6.07) is 65.3. The third-order valence-corrected chi connectivity index (χ3v) is 12.0. The standard InChI is InChI=1S/C52H38N2/c1-33-11-10-12-35(29-33)34-19-23-38(24-20-34)53-48-17-8-5-14-42(48)44-30-36(21-27-50(44)53)37-22-28-51-45(31-37)43-15-6-9-18-49(43)54(51)39-25-26-41-40-13-4-7-16-46(40)52(2,3)47(41)32-39/h4-32H,1-3H3. The van der Waals surface area contributed by atoms with Crippen molar-refractivity contribution in [2.75, 3.05) is 0 Å². The predicted molar refractivity (Wildman–Crippen MR) is 228 cm³/mol. The number of hydrogen-bond acceptors (Lipinski definition) is 0. The van der Waals surface area contributed by atoms with Crippen LogP contribution in [0.1, 0.15) is 30.5 Å². The van der Waals surface area contributed by atoms with Gasteiger partial charge >= 0.3 is 0 Å². The van der Waals surface area contributed by atoms with E-state index in [0.29, 0.717) is 0 Å². The van der Waals surface area contributed by atoms with Gasteiger partial charge in [0.25, 0.3) is 0 Å². The summed E-state index contributed by atoms with van der Waals surface area (Å²) in [7, 11) is 0. The first kappa shape index (κ1) is 30.9. The number of aromatic nitrogens is 2. The molecule has 0 bridgehead atoms. The molecule has 11 rings (SSSR count). The molecule has 54 heavy (non-hydrogen) atoms. The Hall–Kier alpha value is -6.64. The van der Waals surface area contributed by atoms with Crippen LogP contribution in [0.2, 0.25) is 0 Å². The van der Waals surface area contributed by atoms with E-state index in [1.165, 1.54) is 105 Å². The fraction of sp³-hybridized carbons (Fsp3) is 0.0769. The number of aryl methyl sites for hydroxylation is 1. The average Bonchev–Trinajstić information content (AvgIpc) is 3.80. The van der Waals surface area contributed by atoms with Crippen LogP contribution < -0.4 is 0 Å². The highest BCUT2D eigenvalue weighted by Gasteiger charge is 2.35. The van der Waals surface area contributed by atoms with E-state index in [2.05, 4.69) is 206 Å². The molecule has 0 saturated carbocycles. The van der Waals surface area contributed by atoms with Gasteiger partial charge in [-0.15, -0.1) is 0 Å². The molecule has 8 aromatic carbocycles. The smallest absolute Gasteiger partial charge is 0.0541 e. The second-order valence-corrected chi connectivity index (χ2v) is 15.5. The molecule has 256 valence electrons. The van der Waals surface area contributed by atoms with Crippen molar-refractivity contribution in [2.45, 2.75) is 26.2 Å². The van der Waals surface area contributed by atoms with Gasteiger partial charge in [0.1, 0.15) is 0 Å². The normalized spacial score (nSPS) is 13.2. The Balaban J connectivity index is 1.03. The molecule has 0 N–H and O–H groups in total. The Kier molecular flexibility index (Phi) is 6.55. The third-order valence-electron chi connectivity index (χ3n) is 12.0. The maximum absolute atomic E-state index is 2.45. The monoisotopic (exact) mass is 690 g/mol. The zero-order valence-corrected chi connectivity index (χ0v) is 30.6. The SMILES string of the molecule is Cc1cccc(-c2ccc(-n3c4ccccc4c4cc(-c5ccc6c(c5)c5ccccc5n6-c5ccc6c(c5)C(C)(C)c5ccccc5-6)ccc43)cc2)c1.